The Kier molecular flexibility index (Phi) is 4.77. The highest BCUT2D eigenvalue weighted by molar-refractivity contribution is 7.99. The van der Waals surface area contributed by atoms with E-state index in [1.807, 2.05) is 11.8 Å². The molecule has 1 aromatic rings. The summed E-state index contributed by atoms with van der Waals surface area (Å²) in [7, 11) is 0. The molecule has 2 N–H and O–H groups in total. The number of thioether (sulfide) groups is 1. The summed E-state index contributed by atoms with van der Waals surface area (Å²) in [6, 6.07) is 0. The van der Waals surface area contributed by atoms with E-state index in [-0.39, 0.29) is 5.88 Å². The molecule has 1 aliphatic rings. The predicted octanol–water partition coefficient (Wildman–Crippen LogP) is 3.63. The van der Waals surface area contributed by atoms with Crippen molar-refractivity contribution in [3.05, 3.63) is 11.5 Å². The van der Waals surface area contributed by atoms with Crippen molar-refractivity contribution in [3.63, 3.8) is 0 Å². The van der Waals surface area contributed by atoms with E-state index in [0.717, 1.165) is 35.4 Å². The van der Waals surface area contributed by atoms with Crippen LogP contribution in [0.2, 0.25) is 0 Å². The van der Waals surface area contributed by atoms with E-state index in [4.69, 9.17) is 0 Å². The van der Waals surface area contributed by atoms with E-state index in [1.165, 1.54) is 32.1 Å². The van der Waals surface area contributed by atoms with E-state index in [2.05, 4.69) is 16.9 Å². The Morgan fingerprint density at radius 1 is 1.35 bits per heavy atom. The van der Waals surface area contributed by atoms with Crippen LogP contribution in [-0.4, -0.2) is 20.3 Å². The molecule has 0 unspecified atom stereocenters. The zero-order valence-corrected chi connectivity index (χ0v) is 11.4. The maximum atomic E-state index is 9.65. The third kappa shape index (κ3) is 3.66. The van der Waals surface area contributed by atoms with E-state index in [9.17, 15) is 5.11 Å². The van der Waals surface area contributed by atoms with Crippen LogP contribution in [0.1, 0.15) is 57.0 Å². The van der Waals surface area contributed by atoms with Gasteiger partial charge in [-0.15, -0.1) is 0 Å². The number of aromatic nitrogens is 2. The topological polar surface area (TPSA) is 48.9 Å². The quantitative estimate of drug-likeness (QED) is 0.843. The molecule has 1 aliphatic carbocycles. The molecular formula is C13H22N2OS. The highest BCUT2D eigenvalue weighted by Gasteiger charge is 2.15. The number of aromatic hydroxyl groups is 1. The van der Waals surface area contributed by atoms with Gasteiger partial charge in [0.1, 0.15) is 5.82 Å². The summed E-state index contributed by atoms with van der Waals surface area (Å²) in [5.74, 6) is 2.04. The minimum atomic E-state index is 0.200. The first-order chi connectivity index (χ1) is 8.29. The minimum Gasteiger partial charge on any atom is -0.492 e. The van der Waals surface area contributed by atoms with Gasteiger partial charge in [-0.1, -0.05) is 32.6 Å². The van der Waals surface area contributed by atoms with Gasteiger partial charge in [0.05, 0.1) is 11.4 Å². The standard InChI is InChI=1S/C13H22N2OS/c1-2-6-11-13(16)15-12(14-11)9-17-10-7-4-3-5-8-10/h10,16H,2-9H2,1H3,(H,14,15). The lowest BCUT2D eigenvalue weighted by Gasteiger charge is -2.20. The van der Waals surface area contributed by atoms with Crippen LogP contribution < -0.4 is 0 Å². The molecule has 0 spiro atoms. The maximum Gasteiger partial charge on any atom is 0.232 e. The summed E-state index contributed by atoms with van der Waals surface area (Å²) in [4.78, 5) is 7.43. The number of H-pyrrole nitrogens is 1. The van der Waals surface area contributed by atoms with E-state index in [1.54, 1.807) is 0 Å². The van der Waals surface area contributed by atoms with Crippen LogP contribution in [0.5, 0.6) is 5.88 Å². The molecule has 17 heavy (non-hydrogen) atoms. The third-order valence-electron chi connectivity index (χ3n) is 3.31. The van der Waals surface area contributed by atoms with Crippen LogP contribution in [0, 0.1) is 0 Å². The predicted molar refractivity (Wildman–Crippen MR) is 72.4 cm³/mol. The Morgan fingerprint density at radius 3 is 2.82 bits per heavy atom. The van der Waals surface area contributed by atoms with Gasteiger partial charge in [-0.2, -0.15) is 16.7 Å². The Hall–Kier alpha value is -0.640. The second kappa shape index (κ2) is 6.34. The number of hydrogen-bond acceptors (Lipinski definition) is 3. The fraction of sp³-hybridized carbons (Fsp3) is 0.769. The van der Waals surface area contributed by atoms with Gasteiger partial charge < -0.3 is 10.1 Å². The van der Waals surface area contributed by atoms with Gasteiger partial charge in [-0.3, -0.25) is 0 Å². The summed E-state index contributed by atoms with van der Waals surface area (Å²) < 4.78 is 0. The number of aromatic amines is 1. The van der Waals surface area contributed by atoms with Crippen molar-refractivity contribution >= 4 is 11.8 Å². The Bertz CT molecular complexity index is 345. The molecule has 1 heterocycles. The second-order valence-corrected chi connectivity index (χ2v) is 6.10. The second-order valence-electron chi connectivity index (χ2n) is 4.81. The van der Waals surface area contributed by atoms with Crippen LogP contribution >= 0.6 is 11.8 Å². The normalized spacial score (nSPS) is 17.5. The van der Waals surface area contributed by atoms with Crippen molar-refractivity contribution in [3.8, 4) is 5.88 Å². The lowest BCUT2D eigenvalue weighted by Crippen LogP contribution is -2.08. The number of aryl methyl sites for hydroxylation is 1. The van der Waals surface area contributed by atoms with Gasteiger partial charge in [0, 0.05) is 5.25 Å². The third-order valence-corrected chi connectivity index (χ3v) is 4.70. The van der Waals surface area contributed by atoms with Crippen LogP contribution in [0.4, 0.5) is 0 Å². The van der Waals surface area contributed by atoms with Gasteiger partial charge in [0.15, 0.2) is 0 Å². The number of imidazole rings is 1. The minimum absolute atomic E-state index is 0.200. The number of nitrogens with zero attached hydrogens (tertiary/aromatic N) is 1. The fourth-order valence-electron chi connectivity index (χ4n) is 2.37. The first-order valence-corrected chi connectivity index (χ1v) is 7.72. The van der Waals surface area contributed by atoms with E-state index < -0.39 is 0 Å². The molecule has 0 atom stereocenters. The van der Waals surface area contributed by atoms with Gasteiger partial charge in [-0.05, 0) is 19.3 Å². The average Bonchev–Trinajstić information content (AvgIpc) is 2.70. The number of rotatable bonds is 5. The molecule has 0 amide bonds. The van der Waals surface area contributed by atoms with Crippen molar-refractivity contribution in [2.75, 3.05) is 0 Å². The zero-order valence-electron chi connectivity index (χ0n) is 10.5. The fourth-order valence-corrected chi connectivity index (χ4v) is 3.57. The smallest absolute Gasteiger partial charge is 0.232 e. The van der Waals surface area contributed by atoms with Crippen LogP contribution in [0.15, 0.2) is 0 Å². The van der Waals surface area contributed by atoms with Crippen molar-refractivity contribution in [2.24, 2.45) is 0 Å². The SMILES string of the molecule is CCCc1[nH]c(CSC2CCCCC2)nc1O. The Morgan fingerprint density at radius 2 is 2.12 bits per heavy atom. The Labute approximate surface area is 107 Å². The molecule has 0 aromatic carbocycles. The highest BCUT2D eigenvalue weighted by atomic mass is 32.2. The summed E-state index contributed by atoms with van der Waals surface area (Å²) in [5.41, 5.74) is 0.895. The number of hydrogen-bond donors (Lipinski definition) is 2. The number of nitrogens with one attached hydrogen (secondary N) is 1. The molecule has 1 fully saturated rings. The summed E-state index contributed by atoms with van der Waals surface area (Å²) in [6.07, 6.45) is 8.76. The molecule has 0 saturated heterocycles. The van der Waals surface area contributed by atoms with Crippen LogP contribution in [0.25, 0.3) is 0 Å². The molecule has 0 bridgehead atoms. The van der Waals surface area contributed by atoms with E-state index >= 15 is 0 Å². The van der Waals surface area contributed by atoms with Gasteiger partial charge in [0.25, 0.3) is 0 Å². The molecule has 0 aliphatic heterocycles. The van der Waals surface area contributed by atoms with Crippen LogP contribution in [-0.2, 0) is 12.2 Å². The van der Waals surface area contributed by atoms with Gasteiger partial charge >= 0.3 is 0 Å². The molecule has 96 valence electrons. The molecule has 1 saturated carbocycles. The molecule has 1 aromatic heterocycles. The van der Waals surface area contributed by atoms with Crippen molar-refractivity contribution in [2.45, 2.75) is 62.9 Å². The average molecular weight is 254 g/mol. The van der Waals surface area contributed by atoms with Gasteiger partial charge in [0.2, 0.25) is 5.88 Å². The molecule has 3 nitrogen and oxygen atoms in total. The van der Waals surface area contributed by atoms with Crippen molar-refractivity contribution in [1.29, 1.82) is 0 Å². The van der Waals surface area contributed by atoms with E-state index in [0.29, 0.717) is 0 Å². The lowest BCUT2D eigenvalue weighted by molar-refractivity contribution is 0.448. The Balaban J connectivity index is 1.83. The first kappa shape index (κ1) is 12.8. The highest BCUT2D eigenvalue weighted by Crippen LogP contribution is 2.30. The summed E-state index contributed by atoms with van der Waals surface area (Å²) in [5, 5.41) is 10.4. The maximum absolute atomic E-state index is 9.65. The summed E-state index contributed by atoms with van der Waals surface area (Å²) >= 11 is 1.99. The first-order valence-electron chi connectivity index (χ1n) is 6.68. The molecule has 4 heteroatoms. The molecule has 2 rings (SSSR count). The monoisotopic (exact) mass is 254 g/mol. The van der Waals surface area contributed by atoms with Crippen LogP contribution in [0.3, 0.4) is 0 Å². The van der Waals surface area contributed by atoms with Crippen molar-refractivity contribution < 1.29 is 5.11 Å². The zero-order chi connectivity index (χ0) is 12.1. The molecular weight excluding hydrogens is 232 g/mol. The van der Waals surface area contributed by atoms with Gasteiger partial charge in [-0.25, -0.2) is 0 Å². The summed E-state index contributed by atoms with van der Waals surface area (Å²) in [6.45, 7) is 2.11. The largest absolute Gasteiger partial charge is 0.492 e. The molecule has 0 radical (unpaired) electrons. The van der Waals surface area contributed by atoms with Crippen molar-refractivity contribution in [1.82, 2.24) is 9.97 Å². The lowest BCUT2D eigenvalue weighted by atomic mass is 10.0.